The number of nitrogens with zero attached hydrogens (tertiary/aromatic N) is 3. The van der Waals surface area contributed by atoms with Crippen LogP contribution in [0.2, 0.25) is 0 Å². The van der Waals surface area contributed by atoms with Crippen LogP contribution in [-0.2, 0) is 4.79 Å². The Bertz CT molecular complexity index is 748. The van der Waals surface area contributed by atoms with Gasteiger partial charge < -0.3 is 10.2 Å². The van der Waals surface area contributed by atoms with E-state index in [0.29, 0.717) is 12.5 Å². The molecule has 0 spiro atoms. The SMILES string of the molecule is CCCCCCNC(=O)[C@H]1CCCN(c2ncc(-c3ccc(F)cc3)cn2)C1. The second-order valence-electron chi connectivity index (χ2n) is 7.42. The summed E-state index contributed by atoms with van der Waals surface area (Å²) < 4.78 is 13.1. The van der Waals surface area contributed by atoms with Gasteiger partial charge in [-0.2, -0.15) is 0 Å². The number of halogens is 1. The molecule has 1 aromatic heterocycles. The van der Waals surface area contributed by atoms with Crippen LogP contribution in [0, 0.1) is 11.7 Å². The van der Waals surface area contributed by atoms with Gasteiger partial charge in [0.1, 0.15) is 5.82 Å². The van der Waals surface area contributed by atoms with E-state index in [1.807, 2.05) is 0 Å². The quantitative estimate of drug-likeness (QED) is 0.693. The van der Waals surface area contributed by atoms with Crippen LogP contribution in [-0.4, -0.2) is 35.5 Å². The Morgan fingerprint density at radius 2 is 1.89 bits per heavy atom. The van der Waals surface area contributed by atoms with Crippen molar-refractivity contribution in [3.05, 3.63) is 42.5 Å². The molecule has 3 rings (SSSR count). The minimum atomic E-state index is -0.260. The maximum atomic E-state index is 13.1. The number of unbranched alkanes of at least 4 members (excludes halogenated alkanes) is 3. The number of hydrogen-bond donors (Lipinski definition) is 1. The first-order valence-electron chi connectivity index (χ1n) is 10.3. The number of carbonyl (C=O) groups excluding carboxylic acids is 1. The average Bonchev–Trinajstić information content (AvgIpc) is 2.74. The van der Waals surface area contributed by atoms with E-state index >= 15 is 0 Å². The highest BCUT2D eigenvalue weighted by Gasteiger charge is 2.26. The summed E-state index contributed by atoms with van der Waals surface area (Å²) in [7, 11) is 0. The van der Waals surface area contributed by atoms with Crippen LogP contribution >= 0.6 is 0 Å². The van der Waals surface area contributed by atoms with E-state index in [0.717, 1.165) is 43.5 Å². The number of carbonyl (C=O) groups is 1. The minimum Gasteiger partial charge on any atom is -0.356 e. The summed E-state index contributed by atoms with van der Waals surface area (Å²) in [5.41, 5.74) is 1.73. The molecule has 1 atom stereocenters. The van der Waals surface area contributed by atoms with E-state index in [4.69, 9.17) is 0 Å². The number of rotatable bonds is 8. The lowest BCUT2D eigenvalue weighted by molar-refractivity contribution is -0.125. The van der Waals surface area contributed by atoms with E-state index in [-0.39, 0.29) is 17.6 Å². The molecule has 0 saturated carbocycles. The molecule has 5 nitrogen and oxygen atoms in total. The molecule has 28 heavy (non-hydrogen) atoms. The highest BCUT2D eigenvalue weighted by atomic mass is 19.1. The molecule has 0 unspecified atom stereocenters. The van der Waals surface area contributed by atoms with Gasteiger partial charge >= 0.3 is 0 Å². The van der Waals surface area contributed by atoms with Crippen molar-refractivity contribution in [2.75, 3.05) is 24.5 Å². The Labute approximate surface area is 166 Å². The third kappa shape index (κ3) is 5.50. The van der Waals surface area contributed by atoms with Crippen molar-refractivity contribution in [1.29, 1.82) is 0 Å². The van der Waals surface area contributed by atoms with Gasteiger partial charge in [-0.05, 0) is 37.0 Å². The largest absolute Gasteiger partial charge is 0.356 e. The first-order valence-corrected chi connectivity index (χ1v) is 10.3. The monoisotopic (exact) mass is 384 g/mol. The molecule has 1 aromatic carbocycles. The second-order valence-corrected chi connectivity index (χ2v) is 7.42. The molecule has 1 fully saturated rings. The van der Waals surface area contributed by atoms with E-state index in [1.165, 1.54) is 31.4 Å². The third-order valence-electron chi connectivity index (χ3n) is 5.22. The molecule has 6 heteroatoms. The van der Waals surface area contributed by atoms with Gasteiger partial charge in [0, 0.05) is 37.6 Å². The Morgan fingerprint density at radius 3 is 2.61 bits per heavy atom. The highest BCUT2D eigenvalue weighted by molar-refractivity contribution is 5.79. The first-order chi connectivity index (χ1) is 13.7. The molecule has 1 N–H and O–H groups in total. The summed E-state index contributed by atoms with van der Waals surface area (Å²) in [5.74, 6) is 0.514. The Kier molecular flexibility index (Phi) is 7.34. The van der Waals surface area contributed by atoms with E-state index in [1.54, 1.807) is 24.5 Å². The molecule has 1 saturated heterocycles. The highest BCUT2D eigenvalue weighted by Crippen LogP contribution is 2.23. The molecule has 0 radical (unpaired) electrons. The predicted molar refractivity (Wildman–Crippen MR) is 110 cm³/mol. The van der Waals surface area contributed by atoms with Crippen molar-refractivity contribution in [3.8, 4) is 11.1 Å². The lowest BCUT2D eigenvalue weighted by atomic mass is 9.97. The van der Waals surface area contributed by atoms with Crippen LogP contribution in [0.25, 0.3) is 11.1 Å². The molecular formula is C22H29FN4O. The molecule has 1 amide bonds. The van der Waals surface area contributed by atoms with Gasteiger partial charge in [0.05, 0.1) is 5.92 Å². The fourth-order valence-electron chi connectivity index (χ4n) is 3.56. The molecule has 0 bridgehead atoms. The van der Waals surface area contributed by atoms with Crippen LogP contribution in [0.5, 0.6) is 0 Å². The molecule has 1 aliphatic rings. The number of hydrogen-bond acceptors (Lipinski definition) is 4. The average molecular weight is 384 g/mol. The topological polar surface area (TPSA) is 58.1 Å². The van der Waals surface area contributed by atoms with E-state index < -0.39 is 0 Å². The Morgan fingerprint density at radius 1 is 1.14 bits per heavy atom. The Balaban J connectivity index is 1.55. The van der Waals surface area contributed by atoms with Crippen molar-refractivity contribution in [1.82, 2.24) is 15.3 Å². The summed E-state index contributed by atoms with van der Waals surface area (Å²) in [6, 6.07) is 6.30. The van der Waals surface area contributed by atoms with E-state index in [9.17, 15) is 9.18 Å². The molecule has 2 heterocycles. The van der Waals surface area contributed by atoms with Crippen LogP contribution < -0.4 is 10.2 Å². The zero-order chi connectivity index (χ0) is 19.8. The lowest BCUT2D eigenvalue weighted by Gasteiger charge is -2.32. The van der Waals surface area contributed by atoms with Crippen LogP contribution in [0.1, 0.15) is 45.4 Å². The van der Waals surface area contributed by atoms with Gasteiger partial charge in [-0.3, -0.25) is 4.79 Å². The number of piperidine rings is 1. The number of anilines is 1. The van der Waals surface area contributed by atoms with Crippen molar-refractivity contribution < 1.29 is 9.18 Å². The van der Waals surface area contributed by atoms with Crippen molar-refractivity contribution in [3.63, 3.8) is 0 Å². The summed E-state index contributed by atoms with van der Waals surface area (Å²) in [6.45, 7) is 4.45. The maximum Gasteiger partial charge on any atom is 0.225 e. The standard InChI is InChI=1S/C22H29FN4O/c1-2-3-4-5-12-24-21(28)18-7-6-13-27(16-18)22-25-14-19(15-26-22)17-8-10-20(23)11-9-17/h8-11,14-15,18H,2-7,12-13,16H2,1H3,(H,24,28)/t18-/m0/s1. The Hall–Kier alpha value is -2.50. The zero-order valence-corrected chi connectivity index (χ0v) is 16.5. The number of amides is 1. The number of benzene rings is 1. The van der Waals surface area contributed by atoms with Gasteiger partial charge in [0.25, 0.3) is 0 Å². The summed E-state index contributed by atoms with van der Waals surface area (Å²) >= 11 is 0. The van der Waals surface area contributed by atoms with Crippen molar-refractivity contribution in [2.45, 2.75) is 45.4 Å². The smallest absolute Gasteiger partial charge is 0.225 e. The lowest BCUT2D eigenvalue weighted by Crippen LogP contribution is -2.43. The fraction of sp³-hybridized carbons (Fsp3) is 0.500. The van der Waals surface area contributed by atoms with Crippen molar-refractivity contribution in [2.24, 2.45) is 5.92 Å². The normalized spacial score (nSPS) is 16.8. The molecule has 2 aromatic rings. The summed E-state index contributed by atoms with van der Waals surface area (Å²) in [4.78, 5) is 23.5. The maximum absolute atomic E-state index is 13.1. The van der Waals surface area contributed by atoms with Crippen LogP contribution in [0.15, 0.2) is 36.7 Å². The molecule has 1 aliphatic heterocycles. The van der Waals surface area contributed by atoms with Gasteiger partial charge in [0.2, 0.25) is 11.9 Å². The van der Waals surface area contributed by atoms with Crippen LogP contribution in [0.3, 0.4) is 0 Å². The fourth-order valence-corrected chi connectivity index (χ4v) is 3.56. The van der Waals surface area contributed by atoms with Gasteiger partial charge in [0.15, 0.2) is 0 Å². The van der Waals surface area contributed by atoms with E-state index in [2.05, 4.69) is 27.1 Å². The van der Waals surface area contributed by atoms with Crippen molar-refractivity contribution >= 4 is 11.9 Å². The van der Waals surface area contributed by atoms with Gasteiger partial charge in [-0.1, -0.05) is 38.3 Å². The summed E-state index contributed by atoms with van der Waals surface area (Å²) in [6.07, 6.45) is 10.0. The van der Waals surface area contributed by atoms with Gasteiger partial charge in [-0.15, -0.1) is 0 Å². The zero-order valence-electron chi connectivity index (χ0n) is 16.5. The predicted octanol–water partition coefficient (Wildman–Crippen LogP) is 4.20. The molecule has 150 valence electrons. The minimum absolute atomic E-state index is 0.0136. The number of aromatic nitrogens is 2. The first kappa shape index (κ1) is 20.2. The third-order valence-corrected chi connectivity index (χ3v) is 5.22. The van der Waals surface area contributed by atoms with Gasteiger partial charge in [-0.25, -0.2) is 14.4 Å². The molecule has 0 aliphatic carbocycles. The summed E-state index contributed by atoms with van der Waals surface area (Å²) in [5, 5.41) is 3.08. The second kappa shape index (κ2) is 10.2. The number of nitrogens with one attached hydrogen (secondary N) is 1. The van der Waals surface area contributed by atoms with Crippen LogP contribution in [0.4, 0.5) is 10.3 Å². The molecular weight excluding hydrogens is 355 g/mol.